The van der Waals surface area contributed by atoms with Crippen molar-refractivity contribution in [3.8, 4) is 0 Å². The standard InChI is InChI=1S/C5H6N2O/c1-4-6-2-5(3-8)7-4/h3H,2H2,1H3. The molecule has 1 heterocycles. The number of hydrogen-bond donors (Lipinski definition) is 0. The fourth-order valence-electron chi connectivity index (χ4n) is 0.538. The van der Waals surface area contributed by atoms with E-state index in [0.29, 0.717) is 18.1 Å². The lowest BCUT2D eigenvalue weighted by Crippen LogP contribution is -1.98. The van der Waals surface area contributed by atoms with Crippen LogP contribution in [0.4, 0.5) is 0 Å². The highest BCUT2D eigenvalue weighted by atomic mass is 16.1. The first-order valence-electron chi connectivity index (χ1n) is 2.36. The van der Waals surface area contributed by atoms with Gasteiger partial charge in [-0.2, -0.15) is 0 Å². The van der Waals surface area contributed by atoms with Crippen molar-refractivity contribution in [2.24, 2.45) is 9.98 Å². The normalized spacial score (nSPS) is 17.6. The van der Waals surface area contributed by atoms with E-state index < -0.39 is 0 Å². The first-order chi connectivity index (χ1) is 3.83. The first-order valence-corrected chi connectivity index (χ1v) is 2.36. The van der Waals surface area contributed by atoms with Gasteiger partial charge in [-0.15, -0.1) is 0 Å². The van der Waals surface area contributed by atoms with Gasteiger partial charge in [0.05, 0.1) is 6.54 Å². The van der Waals surface area contributed by atoms with Gasteiger partial charge in [0.15, 0.2) is 6.29 Å². The molecule has 0 aromatic rings. The molecule has 0 saturated heterocycles. The van der Waals surface area contributed by atoms with Crippen LogP contribution in [-0.4, -0.2) is 24.4 Å². The molecule has 1 rings (SSSR count). The highest BCUT2D eigenvalue weighted by Crippen LogP contribution is 1.91. The van der Waals surface area contributed by atoms with Crippen LogP contribution >= 0.6 is 0 Å². The second-order valence-electron chi connectivity index (χ2n) is 1.58. The van der Waals surface area contributed by atoms with Gasteiger partial charge in [0.2, 0.25) is 0 Å². The second kappa shape index (κ2) is 1.86. The van der Waals surface area contributed by atoms with Crippen molar-refractivity contribution < 1.29 is 4.79 Å². The fourth-order valence-corrected chi connectivity index (χ4v) is 0.538. The zero-order chi connectivity index (χ0) is 5.98. The Hall–Kier alpha value is -0.990. The van der Waals surface area contributed by atoms with E-state index in [1.54, 1.807) is 6.92 Å². The summed E-state index contributed by atoms with van der Waals surface area (Å²) >= 11 is 0. The Kier molecular flexibility index (Phi) is 1.20. The van der Waals surface area contributed by atoms with Gasteiger partial charge in [0, 0.05) is 0 Å². The molecule has 0 N–H and O–H groups in total. The zero-order valence-electron chi connectivity index (χ0n) is 4.59. The quantitative estimate of drug-likeness (QED) is 0.440. The van der Waals surface area contributed by atoms with Crippen LogP contribution in [0.3, 0.4) is 0 Å². The molecule has 0 amide bonds. The number of carbonyl (C=O) groups is 1. The van der Waals surface area contributed by atoms with E-state index >= 15 is 0 Å². The van der Waals surface area contributed by atoms with Crippen LogP contribution in [0.5, 0.6) is 0 Å². The summed E-state index contributed by atoms with van der Waals surface area (Å²) in [5.41, 5.74) is 0.530. The topological polar surface area (TPSA) is 41.8 Å². The minimum absolute atomic E-state index is 0.468. The van der Waals surface area contributed by atoms with Gasteiger partial charge in [-0.25, -0.2) is 4.99 Å². The van der Waals surface area contributed by atoms with Crippen LogP contribution in [0.2, 0.25) is 0 Å². The van der Waals surface area contributed by atoms with Crippen LogP contribution in [0.1, 0.15) is 6.92 Å². The first kappa shape index (κ1) is 5.15. The number of nitrogens with zero attached hydrogens (tertiary/aromatic N) is 2. The highest BCUT2D eigenvalue weighted by molar-refractivity contribution is 6.33. The molecule has 0 spiro atoms. The van der Waals surface area contributed by atoms with Gasteiger partial charge in [-0.05, 0) is 6.92 Å². The molecule has 1 aliphatic heterocycles. The van der Waals surface area contributed by atoms with E-state index in [9.17, 15) is 4.79 Å². The average molecular weight is 110 g/mol. The molecule has 0 fully saturated rings. The van der Waals surface area contributed by atoms with Crippen LogP contribution < -0.4 is 0 Å². The average Bonchev–Trinajstić information content (AvgIpc) is 2.14. The van der Waals surface area contributed by atoms with Crippen molar-refractivity contribution in [1.82, 2.24) is 0 Å². The van der Waals surface area contributed by atoms with Crippen molar-refractivity contribution in [2.45, 2.75) is 6.92 Å². The monoisotopic (exact) mass is 110 g/mol. The Labute approximate surface area is 47.1 Å². The summed E-state index contributed by atoms with van der Waals surface area (Å²) in [6.45, 7) is 2.24. The van der Waals surface area contributed by atoms with Crippen molar-refractivity contribution >= 4 is 17.8 Å². The number of aliphatic imine (C=N–C) groups is 2. The largest absolute Gasteiger partial charge is 0.296 e. The number of amidine groups is 1. The lowest BCUT2D eigenvalue weighted by molar-refractivity contribution is -0.102. The number of hydrogen-bond acceptors (Lipinski definition) is 3. The maximum atomic E-state index is 9.95. The van der Waals surface area contributed by atoms with Gasteiger partial charge < -0.3 is 0 Å². The summed E-state index contributed by atoms with van der Waals surface area (Å²) in [4.78, 5) is 17.6. The van der Waals surface area contributed by atoms with Crippen LogP contribution in [0.25, 0.3) is 0 Å². The Bertz CT molecular complexity index is 169. The zero-order valence-corrected chi connectivity index (χ0v) is 4.59. The summed E-state index contributed by atoms with van der Waals surface area (Å²) < 4.78 is 0. The van der Waals surface area contributed by atoms with Gasteiger partial charge >= 0.3 is 0 Å². The van der Waals surface area contributed by atoms with Gasteiger partial charge in [-0.1, -0.05) is 0 Å². The third-order valence-electron chi connectivity index (χ3n) is 0.911. The fraction of sp³-hybridized carbons (Fsp3) is 0.400. The summed E-state index contributed by atoms with van der Waals surface area (Å²) in [7, 11) is 0. The third kappa shape index (κ3) is 0.804. The van der Waals surface area contributed by atoms with Crippen LogP contribution in [0.15, 0.2) is 9.98 Å². The van der Waals surface area contributed by atoms with E-state index in [2.05, 4.69) is 9.98 Å². The lowest BCUT2D eigenvalue weighted by atomic mass is 10.4. The Morgan fingerprint density at radius 1 is 1.75 bits per heavy atom. The molecule has 0 saturated carbocycles. The molecule has 42 valence electrons. The molecule has 0 bridgehead atoms. The molecule has 0 radical (unpaired) electrons. The predicted molar refractivity (Wildman–Crippen MR) is 31.5 cm³/mol. The lowest BCUT2D eigenvalue weighted by Gasteiger charge is -1.75. The Morgan fingerprint density at radius 3 is 2.75 bits per heavy atom. The van der Waals surface area contributed by atoms with E-state index in [1.165, 1.54) is 0 Å². The summed E-state index contributed by atoms with van der Waals surface area (Å²) in [5, 5.41) is 0. The number of aldehydes is 1. The molecule has 0 aromatic carbocycles. The molecule has 8 heavy (non-hydrogen) atoms. The smallest absolute Gasteiger partial charge is 0.166 e. The minimum atomic E-state index is 0.468. The second-order valence-corrected chi connectivity index (χ2v) is 1.58. The predicted octanol–water partition coefficient (Wildman–Crippen LogP) is 0.0583. The van der Waals surface area contributed by atoms with E-state index in [-0.39, 0.29) is 0 Å². The summed E-state index contributed by atoms with van der Waals surface area (Å²) in [6.07, 6.45) is 0.736. The van der Waals surface area contributed by atoms with Crippen LogP contribution in [-0.2, 0) is 4.79 Å². The summed E-state index contributed by atoms with van der Waals surface area (Å²) in [6, 6.07) is 0. The Morgan fingerprint density at radius 2 is 2.50 bits per heavy atom. The molecular weight excluding hydrogens is 104 g/mol. The molecule has 0 unspecified atom stereocenters. The third-order valence-corrected chi connectivity index (χ3v) is 0.911. The molecule has 3 heteroatoms. The van der Waals surface area contributed by atoms with E-state index in [4.69, 9.17) is 0 Å². The SMILES string of the molecule is CC1=NCC(C=O)=N1. The number of carbonyl (C=O) groups excluding carboxylic acids is 1. The van der Waals surface area contributed by atoms with Gasteiger partial charge in [0.25, 0.3) is 0 Å². The van der Waals surface area contributed by atoms with Crippen molar-refractivity contribution in [2.75, 3.05) is 6.54 Å². The van der Waals surface area contributed by atoms with E-state index in [0.717, 1.165) is 6.29 Å². The number of rotatable bonds is 1. The van der Waals surface area contributed by atoms with Crippen LogP contribution in [0, 0.1) is 0 Å². The van der Waals surface area contributed by atoms with E-state index in [1.807, 2.05) is 0 Å². The van der Waals surface area contributed by atoms with Gasteiger partial charge in [-0.3, -0.25) is 9.79 Å². The molecule has 3 nitrogen and oxygen atoms in total. The molecule has 0 aliphatic carbocycles. The molecule has 0 aromatic heterocycles. The summed E-state index contributed by atoms with van der Waals surface area (Å²) in [5.74, 6) is 0.701. The van der Waals surface area contributed by atoms with Crippen molar-refractivity contribution in [1.29, 1.82) is 0 Å². The molecular formula is C5H6N2O. The maximum Gasteiger partial charge on any atom is 0.166 e. The highest BCUT2D eigenvalue weighted by Gasteiger charge is 2.02. The molecule has 0 atom stereocenters. The minimum Gasteiger partial charge on any atom is -0.296 e. The maximum absolute atomic E-state index is 9.95. The Balaban J connectivity index is 2.69. The van der Waals surface area contributed by atoms with Crippen molar-refractivity contribution in [3.63, 3.8) is 0 Å². The van der Waals surface area contributed by atoms with Gasteiger partial charge in [0.1, 0.15) is 11.5 Å². The molecule has 1 aliphatic rings. The van der Waals surface area contributed by atoms with Crippen molar-refractivity contribution in [3.05, 3.63) is 0 Å².